The lowest BCUT2D eigenvalue weighted by atomic mass is 10.2. The lowest BCUT2D eigenvalue weighted by Gasteiger charge is -2.03. The monoisotopic (exact) mass is 270 g/mol. The van der Waals surface area contributed by atoms with E-state index in [-0.39, 0.29) is 11.8 Å². The van der Waals surface area contributed by atoms with Crippen LogP contribution in [-0.4, -0.2) is 36.9 Å². The second-order valence-corrected chi connectivity index (χ2v) is 3.66. The van der Waals surface area contributed by atoms with Crippen LogP contribution in [0.1, 0.15) is 25.7 Å². The third-order valence-corrected chi connectivity index (χ3v) is 2.22. The molecule has 0 saturated carbocycles. The maximum Gasteiger partial charge on any atom is 0.320 e. The van der Waals surface area contributed by atoms with Gasteiger partial charge in [-0.15, -0.1) is 23.2 Å². The molecule has 0 atom stereocenters. The van der Waals surface area contributed by atoms with E-state index < -0.39 is 11.9 Å². The Balaban J connectivity index is 3.10. The standard InChI is InChI=1S/C10H16Cl2O4/c11-7-9(13)15-5-3-1-2-4-6-16-10(14)8-12/h1-8H2. The van der Waals surface area contributed by atoms with Gasteiger partial charge < -0.3 is 9.47 Å². The Morgan fingerprint density at radius 2 is 1.12 bits per heavy atom. The molecule has 0 aliphatic heterocycles. The van der Waals surface area contributed by atoms with Gasteiger partial charge in [0.05, 0.1) is 13.2 Å². The van der Waals surface area contributed by atoms with Crippen molar-refractivity contribution in [1.29, 1.82) is 0 Å². The molecule has 0 fully saturated rings. The van der Waals surface area contributed by atoms with Crippen molar-refractivity contribution >= 4 is 35.1 Å². The van der Waals surface area contributed by atoms with E-state index in [9.17, 15) is 9.59 Å². The highest BCUT2D eigenvalue weighted by Gasteiger charge is 2.00. The molecule has 0 aromatic heterocycles. The van der Waals surface area contributed by atoms with Gasteiger partial charge in [0.15, 0.2) is 0 Å². The van der Waals surface area contributed by atoms with E-state index >= 15 is 0 Å². The minimum absolute atomic E-state index is 0.103. The Kier molecular flexibility index (Phi) is 10.7. The maximum atomic E-state index is 10.6. The maximum absolute atomic E-state index is 10.6. The second kappa shape index (κ2) is 11.0. The third kappa shape index (κ3) is 10.1. The molecule has 0 bridgehead atoms. The molecule has 0 spiro atoms. The zero-order chi connectivity index (χ0) is 12.2. The topological polar surface area (TPSA) is 52.6 Å². The van der Waals surface area contributed by atoms with Gasteiger partial charge in [0.25, 0.3) is 0 Å². The van der Waals surface area contributed by atoms with Crippen molar-refractivity contribution < 1.29 is 19.1 Å². The van der Waals surface area contributed by atoms with Crippen LogP contribution in [0.5, 0.6) is 0 Å². The smallest absolute Gasteiger partial charge is 0.320 e. The molecule has 6 heteroatoms. The first kappa shape index (κ1) is 15.5. The van der Waals surface area contributed by atoms with E-state index in [1.807, 2.05) is 0 Å². The highest BCUT2D eigenvalue weighted by molar-refractivity contribution is 6.26. The summed E-state index contributed by atoms with van der Waals surface area (Å²) in [6.07, 6.45) is 3.44. The summed E-state index contributed by atoms with van der Waals surface area (Å²) in [5.41, 5.74) is 0. The van der Waals surface area contributed by atoms with Crippen LogP contribution >= 0.6 is 23.2 Å². The molecule has 0 aliphatic rings. The molecule has 0 unspecified atom stereocenters. The third-order valence-electron chi connectivity index (χ3n) is 1.78. The van der Waals surface area contributed by atoms with E-state index in [1.165, 1.54) is 0 Å². The summed E-state index contributed by atoms with van der Waals surface area (Å²) in [5, 5.41) is 0. The van der Waals surface area contributed by atoms with Crippen LogP contribution in [-0.2, 0) is 19.1 Å². The van der Waals surface area contributed by atoms with Gasteiger partial charge in [0.1, 0.15) is 11.8 Å². The number of rotatable bonds is 9. The molecule has 0 N–H and O–H groups in total. The van der Waals surface area contributed by atoms with E-state index in [1.54, 1.807) is 0 Å². The Labute approximate surface area is 105 Å². The number of esters is 2. The van der Waals surface area contributed by atoms with Crippen molar-refractivity contribution in [2.75, 3.05) is 25.0 Å². The Hall–Kier alpha value is -0.480. The highest BCUT2D eigenvalue weighted by Crippen LogP contribution is 2.01. The van der Waals surface area contributed by atoms with Crippen LogP contribution in [0.25, 0.3) is 0 Å². The number of unbranched alkanes of at least 4 members (excludes halogenated alkanes) is 3. The van der Waals surface area contributed by atoms with Crippen LogP contribution in [0.4, 0.5) is 0 Å². The van der Waals surface area contributed by atoms with Crippen LogP contribution in [0, 0.1) is 0 Å². The fraction of sp³-hybridized carbons (Fsp3) is 0.800. The highest BCUT2D eigenvalue weighted by atomic mass is 35.5. The molecule has 0 radical (unpaired) electrons. The van der Waals surface area contributed by atoms with Crippen molar-refractivity contribution in [3.05, 3.63) is 0 Å². The van der Waals surface area contributed by atoms with Gasteiger partial charge in [-0.3, -0.25) is 9.59 Å². The van der Waals surface area contributed by atoms with Gasteiger partial charge in [-0.05, 0) is 25.7 Å². The lowest BCUT2D eigenvalue weighted by Crippen LogP contribution is -2.07. The number of carbonyl (C=O) groups is 2. The number of ether oxygens (including phenoxy) is 2. The van der Waals surface area contributed by atoms with Gasteiger partial charge in [-0.25, -0.2) is 0 Å². The first-order valence-corrected chi connectivity index (χ1v) is 6.20. The van der Waals surface area contributed by atoms with Gasteiger partial charge in [-0.2, -0.15) is 0 Å². The molecular weight excluding hydrogens is 255 g/mol. The van der Waals surface area contributed by atoms with Gasteiger partial charge in [-0.1, -0.05) is 0 Å². The number of carbonyl (C=O) groups excluding carboxylic acids is 2. The first-order valence-electron chi connectivity index (χ1n) is 5.14. The van der Waals surface area contributed by atoms with Crippen molar-refractivity contribution in [1.82, 2.24) is 0 Å². The summed E-state index contributed by atoms with van der Waals surface area (Å²) in [4.78, 5) is 21.3. The molecule has 0 aliphatic carbocycles. The van der Waals surface area contributed by atoms with Crippen molar-refractivity contribution in [2.45, 2.75) is 25.7 Å². The van der Waals surface area contributed by atoms with Crippen LogP contribution in [0.3, 0.4) is 0 Å². The quantitative estimate of drug-likeness (QED) is 0.366. The van der Waals surface area contributed by atoms with Crippen LogP contribution in [0.2, 0.25) is 0 Å². The van der Waals surface area contributed by atoms with Crippen LogP contribution in [0.15, 0.2) is 0 Å². The van der Waals surface area contributed by atoms with E-state index in [2.05, 4.69) is 0 Å². The first-order chi connectivity index (χ1) is 7.70. The minimum Gasteiger partial charge on any atom is -0.465 e. The Morgan fingerprint density at radius 1 is 0.750 bits per heavy atom. The van der Waals surface area contributed by atoms with E-state index in [0.29, 0.717) is 13.2 Å². The van der Waals surface area contributed by atoms with E-state index in [0.717, 1.165) is 25.7 Å². The second-order valence-electron chi connectivity index (χ2n) is 3.12. The molecule has 0 saturated heterocycles. The van der Waals surface area contributed by atoms with Crippen molar-refractivity contribution in [3.63, 3.8) is 0 Å². The SMILES string of the molecule is O=C(CCl)OCCCCCCOC(=O)CCl. The molecule has 16 heavy (non-hydrogen) atoms. The predicted molar refractivity (Wildman–Crippen MR) is 61.8 cm³/mol. The summed E-state index contributed by atoms with van der Waals surface area (Å²) in [5.74, 6) is -0.988. The largest absolute Gasteiger partial charge is 0.465 e. The van der Waals surface area contributed by atoms with Crippen molar-refractivity contribution in [2.24, 2.45) is 0 Å². The fourth-order valence-electron chi connectivity index (χ4n) is 1.01. The summed E-state index contributed by atoms with van der Waals surface area (Å²) in [7, 11) is 0. The molecule has 0 amide bonds. The van der Waals surface area contributed by atoms with Gasteiger partial charge >= 0.3 is 11.9 Å². The number of alkyl halides is 2. The minimum atomic E-state index is -0.391. The average molecular weight is 271 g/mol. The number of hydrogen-bond acceptors (Lipinski definition) is 4. The average Bonchev–Trinajstić information content (AvgIpc) is 2.31. The fourth-order valence-corrected chi connectivity index (χ4v) is 1.16. The molecule has 0 aromatic rings. The Morgan fingerprint density at radius 3 is 1.44 bits per heavy atom. The molecule has 0 heterocycles. The molecule has 0 aromatic carbocycles. The molecule has 0 rings (SSSR count). The predicted octanol–water partition coefficient (Wildman–Crippen LogP) is 2.11. The Bertz CT molecular complexity index is 187. The summed E-state index contributed by atoms with van der Waals surface area (Å²) in [6, 6.07) is 0. The number of hydrogen-bond donors (Lipinski definition) is 0. The van der Waals surface area contributed by atoms with Gasteiger partial charge in [0, 0.05) is 0 Å². The zero-order valence-electron chi connectivity index (χ0n) is 9.05. The molecular formula is C10H16Cl2O4. The van der Waals surface area contributed by atoms with Crippen LogP contribution < -0.4 is 0 Å². The number of halogens is 2. The van der Waals surface area contributed by atoms with E-state index in [4.69, 9.17) is 32.7 Å². The van der Waals surface area contributed by atoms with Crippen molar-refractivity contribution in [3.8, 4) is 0 Å². The zero-order valence-corrected chi connectivity index (χ0v) is 10.6. The molecule has 94 valence electrons. The lowest BCUT2D eigenvalue weighted by molar-refractivity contribution is -0.141. The summed E-state index contributed by atoms with van der Waals surface area (Å²) >= 11 is 10.5. The molecule has 4 nitrogen and oxygen atoms in total. The summed E-state index contributed by atoms with van der Waals surface area (Å²) in [6.45, 7) is 0.792. The normalized spacial score (nSPS) is 9.88. The summed E-state index contributed by atoms with van der Waals surface area (Å²) < 4.78 is 9.56. The van der Waals surface area contributed by atoms with Gasteiger partial charge in [0.2, 0.25) is 0 Å².